The van der Waals surface area contributed by atoms with Crippen LogP contribution in [0.5, 0.6) is 0 Å². The minimum atomic E-state index is 0.171. The number of hydrogen-bond acceptors (Lipinski definition) is 2. The molecule has 1 aliphatic heterocycles. The van der Waals surface area contributed by atoms with Gasteiger partial charge < -0.3 is 10.6 Å². The van der Waals surface area contributed by atoms with Crippen LogP contribution in [0.15, 0.2) is 0 Å². The highest BCUT2D eigenvalue weighted by molar-refractivity contribution is 5.79. The van der Waals surface area contributed by atoms with E-state index in [2.05, 4.69) is 32.6 Å². The van der Waals surface area contributed by atoms with Crippen molar-refractivity contribution < 1.29 is 4.79 Å². The summed E-state index contributed by atoms with van der Waals surface area (Å²) in [6, 6.07) is 0.229. The zero-order chi connectivity index (χ0) is 14.9. The Hall–Kier alpha value is -0.570. The second kappa shape index (κ2) is 6.05. The molecule has 3 heteroatoms. The summed E-state index contributed by atoms with van der Waals surface area (Å²) in [6.07, 6.45) is 5.39. The van der Waals surface area contributed by atoms with E-state index in [0.29, 0.717) is 17.2 Å². The maximum absolute atomic E-state index is 12.7. The first-order valence-corrected chi connectivity index (χ1v) is 8.33. The Bertz CT molecular complexity index is 339. The van der Waals surface area contributed by atoms with Gasteiger partial charge in [0.1, 0.15) is 0 Å². The zero-order valence-electron chi connectivity index (χ0n) is 13.7. The van der Waals surface area contributed by atoms with E-state index in [1.54, 1.807) is 0 Å². The summed E-state index contributed by atoms with van der Waals surface area (Å²) in [5.74, 6) is 1.80. The van der Waals surface area contributed by atoms with Crippen LogP contribution in [-0.4, -0.2) is 29.9 Å². The first kappa shape index (κ1) is 15.8. The molecule has 2 N–H and O–H groups in total. The summed E-state index contributed by atoms with van der Waals surface area (Å²) in [5.41, 5.74) is 6.43. The number of piperidine rings is 1. The molecule has 0 bridgehead atoms. The van der Waals surface area contributed by atoms with Crippen LogP contribution in [0.4, 0.5) is 0 Å². The normalized spacial score (nSPS) is 33.2. The molecule has 0 spiro atoms. The van der Waals surface area contributed by atoms with Gasteiger partial charge in [0.05, 0.1) is 0 Å². The lowest BCUT2D eigenvalue weighted by molar-refractivity contribution is -0.140. The predicted molar refractivity (Wildman–Crippen MR) is 83.2 cm³/mol. The van der Waals surface area contributed by atoms with Gasteiger partial charge in [-0.3, -0.25) is 4.79 Å². The Morgan fingerprint density at radius 2 is 1.70 bits per heavy atom. The quantitative estimate of drug-likeness (QED) is 0.802. The molecule has 3 atom stereocenters. The van der Waals surface area contributed by atoms with Gasteiger partial charge in [0, 0.05) is 25.0 Å². The molecule has 1 aliphatic carbocycles. The maximum Gasteiger partial charge on any atom is 0.226 e. The molecule has 1 heterocycles. The average molecular weight is 280 g/mol. The number of likely N-dealkylation sites (tertiary alicyclic amines) is 1. The molecular weight excluding hydrogens is 248 g/mol. The van der Waals surface area contributed by atoms with E-state index in [1.165, 1.54) is 0 Å². The summed E-state index contributed by atoms with van der Waals surface area (Å²) >= 11 is 0. The van der Waals surface area contributed by atoms with Gasteiger partial charge in [-0.2, -0.15) is 0 Å². The van der Waals surface area contributed by atoms with Crippen molar-refractivity contribution >= 4 is 5.91 Å². The number of rotatable bonds is 1. The molecule has 116 valence electrons. The third kappa shape index (κ3) is 3.55. The second-order valence-corrected chi connectivity index (χ2v) is 8.12. The van der Waals surface area contributed by atoms with E-state index < -0.39 is 0 Å². The number of carbonyl (C=O) groups is 1. The van der Waals surface area contributed by atoms with Gasteiger partial charge in [-0.05, 0) is 49.4 Å². The molecule has 2 aliphatic rings. The zero-order valence-corrected chi connectivity index (χ0v) is 13.7. The summed E-state index contributed by atoms with van der Waals surface area (Å²) in [5, 5.41) is 0. The van der Waals surface area contributed by atoms with Gasteiger partial charge in [0.15, 0.2) is 0 Å². The minimum absolute atomic E-state index is 0.171. The van der Waals surface area contributed by atoms with Crippen molar-refractivity contribution in [2.75, 3.05) is 13.1 Å². The first-order valence-electron chi connectivity index (χ1n) is 8.33. The van der Waals surface area contributed by atoms with Crippen molar-refractivity contribution in [1.82, 2.24) is 4.90 Å². The minimum Gasteiger partial charge on any atom is -0.342 e. The summed E-state index contributed by atoms with van der Waals surface area (Å²) in [7, 11) is 0. The molecule has 3 unspecified atom stereocenters. The lowest BCUT2D eigenvalue weighted by Gasteiger charge is -2.41. The molecule has 1 saturated heterocycles. The van der Waals surface area contributed by atoms with Gasteiger partial charge in [-0.1, -0.05) is 27.7 Å². The molecule has 3 nitrogen and oxygen atoms in total. The number of carbonyl (C=O) groups excluding carboxylic acids is 1. The van der Waals surface area contributed by atoms with E-state index in [0.717, 1.165) is 51.1 Å². The molecule has 0 aromatic heterocycles. The third-order valence-electron chi connectivity index (χ3n) is 5.58. The topological polar surface area (TPSA) is 46.3 Å². The van der Waals surface area contributed by atoms with Gasteiger partial charge in [-0.25, -0.2) is 0 Å². The standard InChI is InChI=1S/C17H32N2O/c1-12-5-6-14(18)11-15(12)16(20)19-9-7-13(8-10-19)17(2,3)4/h12-15H,5-11,18H2,1-4H3. The van der Waals surface area contributed by atoms with Crippen molar-refractivity contribution in [3.63, 3.8) is 0 Å². The van der Waals surface area contributed by atoms with Crippen molar-refractivity contribution in [3.05, 3.63) is 0 Å². The van der Waals surface area contributed by atoms with E-state index >= 15 is 0 Å². The Kier molecular flexibility index (Phi) is 4.78. The van der Waals surface area contributed by atoms with E-state index in [1.807, 2.05) is 0 Å². The Morgan fingerprint density at radius 3 is 2.25 bits per heavy atom. The molecule has 1 amide bonds. The van der Waals surface area contributed by atoms with Gasteiger partial charge >= 0.3 is 0 Å². The molecular formula is C17H32N2O. The molecule has 2 rings (SSSR count). The van der Waals surface area contributed by atoms with Crippen LogP contribution in [0.3, 0.4) is 0 Å². The van der Waals surface area contributed by atoms with Crippen LogP contribution in [0, 0.1) is 23.2 Å². The van der Waals surface area contributed by atoms with Crippen LogP contribution in [0.25, 0.3) is 0 Å². The van der Waals surface area contributed by atoms with Crippen LogP contribution in [0.1, 0.15) is 59.8 Å². The highest BCUT2D eigenvalue weighted by atomic mass is 16.2. The SMILES string of the molecule is CC1CCC(N)CC1C(=O)N1CCC(C(C)(C)C)CC1. The summed E-state index contributed by atoms with van der Waals surface area (Å²) in [4.78, 5) is 14.8. The molecule has 1 saturated carbocycles. The molecule has 2 fully saturated rings. The average Bonchev–Trinajstić information content (AvgIpc) is 2.40. The summed E-state index contributed by atoms with van der Waals surface area (Å²) in [6.45, 7) is 11.1. The number of nitrogens with two attached hydrogens (primary N) is 1. The maximum atomic E-state index is 12.7. The Morgan fingerprint density at radius 1 is 1.10 bits per heavy atom. The van der Waals surface area contributed by atoms with Crippen molar-refractivity contribution in [1.29, 1.82) is 0 Å². The smallest absolute Gasteiger partial charge is 0.226 e. The molecule has 0 radical (unpaired) electrons. The van der Waals surface area contributed by atoms with Crippen LogP contribution in [0.2, 0.25) is 0 Å². The van der Waals surface area contributed by atoms with Gasteiger partial charge in [0.25, 0.3) is 0 Å². The fourth-order valence-corrected chi connectivity index (χ4v) is 3.90. The van der Waals surface area contributed by atoms with Crippen molar-refractivity contribution in [3.8, 4) is 0 Å². The summed E-state index contributed by atoms with van der Waals surface area (Å²) < 4.78 is 0. The lowest BCUT2D eigenvalue weighted by Crippen LogP contribution is -2.47. The van der Waals surface area contributed by atoms with E-state index in [-0.39, 0.29) is 12.0 Å². The molecule has 0 aromatic carbocycles. The van der Waals surface area contributed by atoms with Gasteiger partial charge in [0.2, 0.25) is 5.91 Å². The van der Waals surface area contributed by atoms with Crippen LogP contribution >= 0.6 is 0 Å². The third-order valence-corrected chi connectivity index (χ3v) is 5.58. The highest BCUT2D eigenvalue weighted by Crippen LogP contribution is 2.36. The second-order valence-electron chi connectivity index (χ2n) is 8.12. The van der Waals surface area contributed by atoms with Crippen molar-refractivity contribution in [2.45, 2.75) is 65.8 Å². The Balaban J connectivity index is 1.91. The van der Waals surface area contributed by atoms with E-state index in [4.69, 9.17) is 5.73 Å². The molecule has 0 aromatic rings. The van der Waals surface area contributed by atoms with Crippen LogP contribution in [-0.2, 0) is 4.79 Å². The predicted octanol–water partition coefficient (Wildman–Crippen LogP) is 3.03. The van der Waals surface area contributed by atoms with E-state index in [9.17, 15) is 4.79 Å². The number of hydrogen-bond donors (Lipinski definition) is 1. The number of amides is 1. The monoisotopic (exact) mass is 280 g/mol. The molecule has 20 heavy (non-hydrogen) atoms. The lowest BCUT2D eigenvalue weighted by atomic mass is 9.74. The fraction of sp³-hybridized carbons (Fsp3) is 0.941. The first-order chi connectivity index (χ1) is 9.29. The van der Waals surface area contributed by atoms with Gasteiger partial charge in [-0.15, -0.1) is 0 Å². The largest absolute Gasteiger partial charge is 0.342 e. The fourth-order valence-electron chi connectivity index (χ4n) is 3.90. The Labute approximate surface area is 124 Å². The number of nitrogens with zero attached hydrogens (tertiary/aromatic N) is 1. The highest BCUT2D eigenvalue weighted by Gasteiger charge is 2.36. The van der Waals surface area contributed by atoms with Crippen molar-refractivity contribution in [2.24, 2.45) is 28.9 Å². The van der Waals surface area contributed by atoms with Crippen LogP contribution < -0.4 is 5.73 Å².